The molecule has 1 aliphatic carbocycles. The van der Waals surface area contributed by atoms with Gasteiger partial charge < -0.3 is 9.84 Å². The maximum atomic E-state index is 13.7. The number of ether oxygens (including phenoxy) is 1. The molecular formula is C24H25FN8O3. The second-order valence-electron chi connectivity index (χ2n) is 8.90. The Morgan fingerprint density at radius 1 is 1.19 bits per heavy atom. The Morgan fingerprint density at radius 3 is 2.83 bits per heavy atom. The van der Waals surface area contributed by atoms with Crippen molar-refractivity contribution in [3.63, 3.8) is 0 Å². The number of tetrazole rings is 1. The Hall–Kier alpha value is -4.22. The molecule has 0 unspecified atom stereocenters. The van der Waals surface area contributed by atoms with Crippen LogP contribution < -0.4 is 4.74 Å². The first kappa shape index (κ1) is 23.5. The van der Waals surface area contributed by atoms with Crippen molar-refractivity contribution in [2.75, 3.05) is 0 Å². The molecule has 0 amide bonds. The van der Waals surface area contributed by atoms with Gasteiger partial charge in [0.05, 0.1) is 35.6 Å². The van der Waals surface area contributed by atoms with E-state index in [0.29, 0.717) is 47.1 Å². The average Bonchev–Trinajstić information content (AvgIpc) is 3.48. The fourth-order valence-electron chi connectivity index (χ4n) is 4.50. The summed E-state index contributed by atoms with van der Waals surface area (Å²) in [6.45, 7) is 2.09. The molecule has 3 aromatic heterocycles. The molecule has 0 radical (unpaired) electrons. The molecular weight excluding hydrogens is 467 g/mol. The number of hydrogen-bond donors (Lipinski definition) is 1. The van der Waals surface area contributed by atoms with Gasteiger partial charge in [-0.3, -0.25) is 4.79 Å². The fourth-order valence-corrected chi connectivity index (χ4v) is 4.50. The quantitative estimate of drug-likeness (QED) is 0.413. The third kappa shape index (κ3) is 4.79. The highest BCUT2D eigenvalue weighted by atomic mass is 19.1. The Morgan fingerprint density at radius 2 is 2.06 bits per heavy atom. The van der Waals surface area contributed by atoms with Crippen LogP contribution >= 0.6 is 0 Å². The summed E-state index contributed by atoms with van der Waals surface area (Å²) in [5.74, 6) is -0.483. The van der Waals surface area contributed by atoms with E-state index < -0.39 is 5.97 Å². The minimum atomic E-state index is -0.771. The second kappa shape index (κ2) is 9.80. The number of pyridine rings is 1. The number of nitrogens with zero attached hydrogens (tertiary/aromatic N) is 8. The number of hydrogen-bond acceptors (Lipinski definition) is 8. The molecule has 1 aliphatic rings. The van der Waals surface area contributed by atoms with Crippen molar-refractivity contribution in [2.45, 2.75) is 45.3 Å². The van der Waals surface area contributed by atoms with Crippen LogP contribution in [-0.2, 0) is 18.4 Å². The van der Waals surface area contributed by atoms with E-state index >= 15 is 0 Å². The molecule has 0 spiro atoms. The zero-order valence-electron chi connectivity index (χ0n) is 19.9. The van der Waals surface area contributed by atoms with Gasteiger partial charge in [0.1, 0.15) is 17.3 Å². The third-order valence-electron chi connectivity index (χ3n) is 6.41. The van der Waals surface area contributed by atoms with Gasteiger partial charge in [0.2, 0.25) is 0 Å². The lowest BCUT2D eigenvalue weighted by Crippen LogP contribution is -2.29. The molecule has 2 atom stereocenters. The summed E-state index contributed by atoms with van der Waals surface area (Å²) in [4.78, 5) is 16.1. The van der Waals surface area contributed by atoms with E-state index in [1.165, 1.54) is 12.1 Å². The number of aromatic nitrogens is 8. The first-order valence-corrected chi connectivity index (χ1v) is 11.7. The standard InChI is InChI=1S/C24H25FN8O3/c1-14-21(36-18-8-4-6-16(12-18)24(34)35)10-9-19(26-14)22-20(32(2)30-27-22)13-33-23(28-29-31-33)15-5-3-7-17(25)11-15/h3,5,7,9-11,16,18H,4,6,8,12-13H2,1-2H3,(H,34,35)/t16-,18-/m0/s1. The molecule has 4 aromatic rings. The van der Waals surface area contributed by atoms with Crippen molar-refractivity contribution in [3.05, 3.63) is 53.6 Å². The molecule has 1 N–H and O–H groups in total. The summed E-state index contributed by atoms with van der Waals surface area (Å²) in [5.41, 5.74) is 3.12. The summed E-state index contributed by atoms with van der Waals surface area (Å²) in [5, 5.41) is 29.7. The second-order valence-corrected chi connectivity index (χ2v) is 8.90. The van der Waals surface area contributed by atoms with Crippen LogP contribution in [0.4, 0.5) is 4.39 Å². The third-order valence-corrected chi connectivity index (χ3v) is 6.41. The van der Waals surface area contributed by atoms with Crippen molar-refractivity contribution < 1.29 is 19.0 Å². The molecule has 0 aliphatic heterocycles. The number of aryl methyl sites for hydroxylation is 2. The monoisotopic (exact) mass is 492 g/mol. The van der Waals surface area contributed by atoms with Crippen molar-refractivity contribution in [1.29, 1.82) is 0 Å². The Bertz CT molecular complexity index is 1400. The molecule has 1 aromatic carbocycles. The smallest absolute Gasteiger partial charge is 0.306 e. The average molecular weight is 493 g/mol. The van der Waals surface area contributed by atoms with Gasteiger partial charge in [0.25, 0.3) is 0 Å². The van der Waals surface area contributed by atoms with Crippen LogP contribution in [0.5, 0.6) is 5.75 Å². The van der Waals surface area contributed by atoms with E-state index in [2.05, 4.69) is 25.8 Å². The van der Waals surface area contributed by atoms with Crippen LogP contribution in [0.15, 0.2) is 36.4 Å². The maximum absolute atomic E-state index is 13.7. The highest BCUT2D eigenvalue weighted by molar-refractivity contribution is 5.70. The van der Waals surface area contributed by atoms with E-state index in [1.54, 1.807) is 34.6 Å². The van der Waals surface area contributed by atoms with Gasteiger partial charge in [0.15, 0.2) is 5.82 Å². The van der Waals surface area contributed by atoms with Gasteiger partial charge in [-0.2, -0.15) is 0 Å². The normalized spacial score (nSPS) is 17.8. The molecule has 36 heavy (non-hydrogen) atoms. The molecule has 11 nitrogen and oxygen atoms in total. The fraction of sp³-hybridized carbons (Fsp3) is 0.375. The Kier molecular flexibility index (Phi) is 6.40. The van der Waals surface area contributed by atoms with Gasteiger partial charge in [-0.25, -0.2) is 18.7 Å². The molecule has 1 saturated carbocycles. The Labute approximate surface area is 205 Å². The van der Waals surface area contributed by atoms with E-state index in [4.69, 9.17) is 9.72 Å². The number of rotatable bonds is 7. The number of halogens is 1. The van der Waals surface area contributed by atoms with Crippen LogP contribution in [-0.4, -0.2) is 57.4 Å². The number of carboxylic acid groups (broad SMARTS) is 1. The van der Waals surface area contributed by atoms with E-state index in [0.717, 1.165) is 18.5 Å². The molecule has 3 heterocycles. The molecule has 0 saturated heterocycles. The lowest BCUT2D eigenvalue weighted by Gasteiger charge is -2.27. The maximum Gasteiger partial charge on any atom is 0.306 e. The first-order chi connectivity index (χ1) is 17.4. The molecule has 186 valence electrons. The first-order valence-electron chi connectivity index (χ1n) is 11.7. The summed E-state index contributed by atoms with van der Waals surface area (Å²) in [7, 11) is 1.77. The predicted octanol–water partition coefficient (Wildman–Crippen LogP) is 3.05. The topological polar surface area (TPSA) is 134 Å². The van der Waals surface area contributed by atoms with Gasteiger partial charge in [-0.1, -0.05) is 17.3 Å². The minimum Gasteiger partial charge on any atom is -0.489 e. The van der Waals surface area contributed by atoms with E-state index in [1.807, 2.05) is 13.0 Å². The minimum absolute atomic E-state index is 0.153. The lowest BCUT2D eigenvalue weighted by molar-refractivity contribution is -0.143. The summed E-state index contributed by atoms with van der Waals surface area (Å²) < 4.78 is 23.1. The zero-order chi connectivity index (χ0) is 25.2. The van der Waals surface area contributed by atoms with Crippen LogP contribution in [0.1, 0.15) is 37.1 Å². The summed E-state index contributed by atoms with van der Waals surface area (Å²) >= 11 is 0. The molecule has 12 heteroatoms. The van der Waals surface area contributed by atoms with Crippen molar-refractivity contribution in [2.24, 2.45) is 13.0 Å². The van der Waals surface area contributed by atoms with Crippen molar-refractivity contribution >= 4 is 5.97 Å². The zero-order valence-corrected chi connectivity index (χ0v) is 19.9. The van der Waals surface area contributed by atoms with Crippen LogP contribution in [0, 0.1) is 18.7 Å². The highest BCUT2D eigenvalue weighted by Crippen LogP contribution is 2.31. The number of carbonyl (C=O) groups is 1. The van der Waals surface area contributed by atoms with E-state index in [9.17, 15) is 14.3 Å². The van der Waals surface area contributed by atoms with Gasteiger partial charge in [-0.05, 0) is 67.3 Å². The number of carboxylic acids is 1. The Balaban J connectivity index is 1.38. The predicted molar refractivity (Wildman–Crippen MR) is 125 cm³/mol. The largest absolute Gasteiger partial charge is 0.489 e. The molecule has 1 fully saturated rings. The van der Waals surface area contributed by atoms with Crippen molar-refractivity contribution in [3.8, 4) is 28.5 Å². The van der Waals surface area contributed by atoms with Crippen LogP contribution in [0.3, 0.4) is 0 Å². The van der Waals surface area contributed by atoms with Crippen LogP contribution in [0.2, 0.25) is 0 Å². The van der Waals surface area contributed by atoms with Gasteiger partial charge >= 0.3 is 5.97 Å². The lowest BCUT2D eigenvalue weighted by atomic mass is 9.87. The number of aliphatic carboxylic acids is 1. The highest BCUT2D eigenvalue weighted by Gasteiger charge is 2.28. The molecule has 0 bridgehead atoms. The number of benzene rings is 1. The van der Waals surface area contributed by atoms with Crippen LogP contribution in [0.25, 0.3) is 22.8 Å². The SMILES string of the molecule is Cc1nc(-c2nnn(C)c2Cn2nnnc2-c2cccc(F)c2)ccc1O[C@H]1CCC[C@H](C(=O)O)C1. The summed E-state index contributed by atoms with van der Waals surface area (Å²) in [6.07, 6.45) is 2.66. The summed E-state index contributed by atoms with van der Waals surface area (Å²) in [6, 6.07) is 9.71. The van der Waals surface area contributed by atoms with Gasteiger partial charge in [-0.15, -0.1) is 10.2 Å². The molecule has 5 rings (SSSR count). The van der Waals surface area contributed by atoms with Gasteiger partial charge in [0, 0.05) is 12.6 Å². The van der Waals surface area contributed by atoms with Crippen molar-refractivity contribution in [1.82, 2.24) is 40.2 Å². The van der Waals surface area contributed by atoms with E-state index in [-0.39, 0.29) is 24.4 Å².